The van der Waals surface area contributed by atoms with Crippen LogP contribution in [0.3, 0.4) is 0 Å². The molecule has 1 fully saturated rings. The lowest BCUT2D eigenvalue weighted by molar-refractivity contribution is 0.0317. The van der Waals surface area contributed by atoms with E-state index in [1.165, 1.54) is 0 Å². The van der Waals surface area contributed by atoms with Crippen molar-refractivity contribution < 1.29 is 24.2 Å². The Balaban J connectivity index is 1.63. The van der Waals surface area contributed by atoms with Gasteiger partial charge in [0.05, 0.1) is 24.6 Å². The van der Waals surface area contributed by atoms with Crippen LogP contribution in [-0.4, -0.2) is 71.5 Å². The predicted molar refractivity (Wildman–Crippen MR) is 123 cm³/mol. The number of morpholine rings is 1. The van der Waals surface area contributed by atoms with Crippen molar-refractivity contribution in [1.29, 1.82) is 0 Å². The lowest BCUT2D eigenvalue weighted by Gasteiger charge is -2.26. The van der Waals surface area contributed by atoms with Crippen molar-refractivity contribution in [3.63, 3.8) is 0 Å². The van der Waals surface area contributed by atoms with Crippen LogP contribution in [0, 0.1) is 0 Å². The highest BCUT2D eigenvalue weighted by molar-refractivity contribution is 5.92. The number of rotatable bonds is 9. The van der Waals surface area contributed by atoms with E-state index >= 15 is 0 Å². The van der Waals surface area contributed by atoms with Gasteiger partial charge in [0.2, 0.25) is 5.88 Å². The molecule has 0 aliphatic carbocycles. The van der Waals surface area contributed by atoms with E-state index in [2.05, 4.69) is 10.00 Å². The van der Waals surface area contributed by atoms with Gasteiger partial charge in [0, 0.05) is 25.2 Å². The maximum atomic E-state index is 12.0. The highest BCUT2D eigenvalue weighted by atomic mass is 16.5. The second-order valence-corrected chi connectivity index (χ2v) is 7.75. The molecule has 0 spiro atoms. The molecule has 0 saturated carbocycles. The molecular formula is C25H27N3O5. The molecule has 3 aromatic rings. The highest BCUT2D eigenvalue weighted by Gasteiger charge is 2.25. The summed E-state index contributed by atoms with van der Waals surface area (Å²) in [5, 5.41) is 14.4. The van der Waals surface area contributed by atoms with E-state index in [9.17, 15) is 14.7 Å². The van der Waals surface area contributed by atoms with Crippen molar-refractivity contribution in [2.45, 2.75) is 13.3 Å². The van der Waals surface area contributed by atoms with Crippen LogP contribution in [0.4, 0.5) is 0 Å². The number of nitrogens with zero attached hydrogens (tertiary/aromatic N) is 3. The lowest BCUT2D eigenvalue weighted by Crippen LogP contribution is -2.38. The molecule has 8 heteroatoms. The summed E-state index contributed by atoms with van der Waals surface area (Å²) in [6.07, 6.45) is 1.31. The zero-order valence-electron chi connectivity index (χ0n) is 18.6. The molecule has 8 nitrogen and oxygen atoms in total. The van der Waals surface area contributed by atoms with Gasteiger partial charge in [0.1, 0.15) is 12.2 Å². The molecule has 1 saturated heterocycles. The maximum Gasteiger partial charge on any atom is 0.343 e. The Morgan fingerprint density at radius 1 is 1.15 bits per heavy atom. The molecule has 2 aromatic carbocycles. The fourth-order valence-electron chi connectivity index (χ4n) is 3.96. The van der Waals surface area contributed by atoms with Crippen LogP contribution in [0.1, 0.15) is 33.3 Å². The first-order valence-electron chi connectivity index (χ1n) is 11.1. The van der Waals surface area contributed by atoms with Gasteiger partial charge in [-0.05, 0) is 29.7 Å². The van der Waals surface area contributed by atoms with E-state index < -0.39 is 5.97 Å². The molecule has 0 bridgehead atoms. The molecule has 33 heavy (non-hydrogen) atoms. The zero-order valence-corrected chi connectivity index (χ0v) is 18.6. The fraction of sp³-hybridized carbons (Fsp3) is 0.320. The van der Waals surface area contributed by atoms with Crippen molar-refractivity contribution in [3.05, 3.63) is 65.4 Å². The third kappa shape index (κ3) is 4.97. The number of benzene rings is 2. The maximum absolute atomic E-state index is 12.0. The molecule has 0 unspecified atom stereocenters. The van der Waals surface area contributed by atoms with Crippen molar-refractivity contribution in [2.24, 2.45) is 0 Å². The Labute approximate surface area is 192 Å². The molecule has 172 valence electrons. The molecule has 1 N–H and O–H groups in total. The Morgan fingerprint density at radius 3 is 2.55 bits per heavy atom. The summed E-state index contributed by atoms with van der Waals surface area (Å²) >= 11 is 0. The molecule has 0 radical (unpaired) electrons. The summed E-state index contributed by atoms with van der Waals surface area (Å²) in [6, 6.07) is 14.9. The van der Waals surface area contributed by atoms with Gasteiger partial charge in [-0.15, -0.1) is 0 Å². The number of aldehydes is 1. The van der Waals surface area contributed by atoms with Gasteiger partial charge in [0.25, 0.3) is 0 Å². The van der Waals surface area contributed by atoms with Crippen molar-refractivity contribution in [2.75, 3.05) is 39.5 Å². The van der Waals surface area contributed by atoms with Crippen LogP contribution < -0.4 is 4.74 Å². The molecule has 1 aliphatic rings. The van der Waals surface area contributed by atoms with Gasteiger partial charge in [-0.2, -0.15) is 5.10 Å². The van der Waals surface area contributed by atoms with Crippen molar-refractivity contribution in [3.8, 4) is 22.7 Å². The number of ether oxygens (including phenoxy) is 2. The normalized spacial score (nSPS) is 14.2. The van der Waals surface area contributed by atoms with E-state index in [1.54, 1.807) is 10.7 Å². The van der Waals surface area contributed by atoms with Gasteiger partial charge in [0.15, 0.2) is 6.29 Å². The van der Waals surface area contributed by atoms with Crippen LogP contribution in [-0.2, 0) is 11.2 Å². The Hall–Kier alpha value is -3.49. The van der Waals surface area contributed by atoms with Gasteiger partial charge < -0.3 is 14.6 Å². The number of aryl methyl sites for hydroxylation is 1. The van der Waals surface area contributed by atoms with E-state index in [0.717, 1.165) is 30.5 Å². The molecule has 4 rings (SSSR count). The number of hydrogen-bond donors (Lipinski definition) is 1. The number of carboxylic acid groups (broad SMARTS) is 1. The van der Waals surface area contributed by atoms with Crippen LogP contribution in [0.2, 0.25) is 0 Å². The average molecular weight is 450 g/mol. The van der Waals surface area contributed by atoms with E-state index in [1.807, 2.05) is 49.4 Å². The quantitative estimate of drug-likeness (QED) is 0.501. The SMILES string of the molecule is CCc1nn(-c2ccc(-c3ccccc3C=O)cc2)c(OCCN2CCOCC2)c1C(=O)O. The molecule has 1 aliphatic heterocycles. The smallest absolute Gasteiger partial charge is 0.343 e. The third-order valence-electron chi connectivity index (χ3n) is 5.72. The van der Waals surface area contributed by atoms with Crippen LogP contribution in [0.5, 0.6) is 5.88 Å². The Morgan fingerprint density at radius 2 is 1.88 bits per heavy atom. The summed E-state index contributed by atoms with van der Waals surface area (Å²) in [4.78, 5) is 25.6. The first kappa shape index (κ1) is 22.7. The molecule has 0 amide bonds. The largest absolute Gasteiger partial charge is 0.477 e. The van der Waals surface area contributed by atoms with Gasteiger partial charge in [-0.3, -0.25) is 9.69 Å². The highest BCUT2D eigenvalue weighted by Crippen LogP contribution is 2.29. The van der Waals surface area contributed by atoms with Crippen molar-refractivity contribution >= 4 is 12.3 Å². The molecular weight excluding hydrogens is 422 g/mol. The summed E-state index contributed by atoms with van der Waals surface area (Å²) in [6.45, 7) is 5.94. The van der Waals surface area contributed by atoms with E-state index in [0.29, 0.717) is 49.7 Å². The number of carbonyl (C=O) groups excluding carboxylic acids is 1. The van der Waals surface area contributed by atoms with Gasteiger partial charge >= 0.3 is 5.97 Å². The van der Waals surface area contributed by atoms with Crippen LogP contribution >= 0.6 is 0 Å². The monoisotopic (exact) mass is 449 g/mol. The number of aromatic nitrogens is 2. The summed E-state index contributed by atoms with van der Waals surface area (Å²) in [7, 11) is 0. The van der Waals surface area contributed by atoms with Gasteiger partial charge in [-0.1, -0.05) is 43.3 Å². The molecule has 0 atom stereocenters. The van der Waals surface area contributed by atoms with Crippen LogP contribution in [0.15, 0.2) is 48.5 Å². The minimum absolute atomic E-state index is 0.0925. The Kier molecular flexibility index (Phi) is 7.16. The van der Waals surface area contributed by atoms with E-state index in [4.69, 9.17) is 9.47 Å². The van der Waals surface area contributed by atoms with Gasteiger partial charge in [-0.25, -0.2) is 9.48 Å². The fourth-order valence-corrected chi connectivity index (χ4v) is 3.96. The predicted octanol–water partition coefficient (Wildman–Crippen LogP) is 3.32. The number of aromatic carboxylic acids is 1. The minimum Gasteiger partial charge on any atom is -0.477 e. The van der Waals surface area contributed by atoms with E-state index in [-0.39, 0.29) is 11.4 Å². The Bertz CT molecular complexity index is 1120. The lowest BCUT2D eigenvalue weighted by atomic mass is 10.0. The first-order valence-corrected chi connectivity index (χ1v) is 11.1. The first-order chi connectivity index (χ1) is 16.1. The third-order valence-corrected chi connectivity index (χ3v) is 5.72. The summed E-state index contributed by atoms with van der Waals surface area (Å²) in [5.74, 6) is -0.829. The van der Waals surface area contributed by atoms with Crippen molar-refractivity contribution in [1.82, 2.24) is 14.7 Å². The topological polar surface area (TPSA) is 93.9 Å². The summed E-state index contributed by atoms with van der Waals surface area (Å²) < 4.78 is 12.9. The number of carboxylic acids is 1. The standard InChI is InChI=1S/C25H27N3O5/c1-2-22-23(25(30)31)24(33-16-13-27-11-14-32-15-12-27)28(26-22)20-9-7-18(8-10-20)21-6-4-3-5-19(21)17-29/h3-10,17H,2,11-16H2,1H3,(H,30,31). The second kappa shape index (κ2) is 10.4. The van der Waals surface area contributed by atoms with Crippen LogP contribution in [0.25, 0.3) is 16.8 Å². The number of hydrogen-bond acceptors (Lipinski definition) is 6. The second-order valence-electron chi connectivity index (χ2n) is 7.75. The zero-order chi connectivity index (χ0) is 23.2. The molecule has 2 heterocycles. The molecule has 1 aromatic heterocycles. The summed E-state index contributed by atoms with van der Waals surface area (Å²) in [5.41, 5.74) is 3.58. The average Bonchev–Trinajstić information content (AvgIpc) is 3.23. The minimum atomic E-state index is -1.06. The number of carbonyl (C=O) groups is 2.